The Labute approximate surface area is 191 Å². The first kappa shape index (κ1) is 26.9. The topological polar surface area (TPSA) is 72.5 Å². The highest BCUT2D eigenvalue weighted by Gasteiger charge is 2.38. The molecule has 31 heavy (non-hydrogen) atoms. The molecule has 0 unspecified atom stereocenters. The van der Waals surface area contributed by atoms with Gasteiger partial charge in [0, 0.05) is 19.2 Å². The van der Waals surface area contributed by atoms with E-state index in [0.29, 0.717) is 17.9 Å². The van der Waals surface area contributed by atoms with Crippen LogP contribution in [0.2, 0.25) is 18.1 Å². The molecule has 0 saturated carbocycles. The fourth-order valence-electron chi connectivity index (χ4n) is 2.24. The summed E-state index contributed by atoms with van der Waals surface area (Å²) in [7, 11) is -1.90. The van der Waals surface area contributed by atoms with Crippen molar-refractivity contribution in [2.45, 2.75) is 59.2 Å². The van der Waals surface area contributed by atoms with Crippen LogP contribution in [0.1, 0.15) is 46.6 Å². The maximum absolute atomic E-state index is 12.2. The summed E-state index contributed by atoms with van der Waals surface area (Å²) in [6.07, 6.45) is 5.31. The van der Waals surface area contributed by atoms with E-state index >= 15 is 0 Å². The summed E-state index contributed by atoms with van der Waals surface area (Å²) >= 11 is 1.06. The summed E-state index contributed by atoms with van der Waals surface area (Å²) in [4.78, 5) is 34.9. The Morgan fingerprint density at radius 1 is 1.16 bits per heavy atom. The van der Waals surface area contributed by atoms with E-state index in [4.69, 9.17) is 4.43 Å². The van der Waals surface area contributed by atoms with Crippen LogP contribution in [-0.4, -0.2) is 37.4 Å². The van der Waals surface area contributed by atoms with Gasteiger partial charge in [-0.2, -0.15) is 0 Å². The van der Waals surface area contributed by atoms with Crippen LogP contribution in [0.25, 0.3) is 6.08 Å². The van der Waals surface area contributed by atoms with E-state index in [1.165, 1.54) is 6.92 Å². The average molecular weight is 462 g/mol. The van der Waals surface area contributed by atoms with E-state index in [0.717, 1.165) is 23.1 Å². The molecule has 170 valence electrons. The van der Waals surface area contributed by atoms with Crippen molar-refractivity contribution in [3.05, 3.63) is 47.6 Å². The molecule has 0 aliphatic carbocycles. The normalized spacial score (nSPS) is 12.7. The van der Waals surface area contributed by atoms with E-state index in [1.54, 1.807) is 13.0 Å². The number of Topliss-reactive ketones (excluding diaryl/α,β-unsaturated/α-hetero) is 1. The molecule has 1 N–H and O–H groups in total. The van der Waals surface area contributed by atoms with Gasteiger partial charge in [0.25, 0.3) is 0 Å². The molecule has 1 amide bonds. The van der Waals surface area contributed by atoms with Crippen molar-refractivity contribution in [2.24, 2.45) is 0 Å². The van der Waals surface area contributed by atoms with Gasteiger partial charge in [-0.25, -0.2) is 0 Å². The molecule has 0 bridgehead atoms. The second kappa shape index (κ2) is 12.1. The maximum atomic E-state index is 12.2. The third kappa shape index (κ3) is 10.2. The zero-order valence-electron chi connectivity index (χ0n) is 19.7. The van der Waals surface area contributed by atoms with Gasteiger partial charge in [0.2, 0.25) is 14.2 Å². The lowest BCUT2D eigenvalue weighted by Crippen LogP contribution is -2.43. The predicted octanol–water partition coefficient (Wildman–Crippen LogP) is 5.39. The number of amides is 1. The minimum Gasteiger partial charge on any atom is -0.543 e. The first-order valence-corrected chi connectivity index (χ1v) is 14.3. The molecule has 0 heterocycles. The fraction of sp³-hybridized carbons (Fsp3) is 0.458. The summed E-state index contributed by atoms with van der Waals surface area (Å²) < 4.78 is 6.34. The molecule has 0 spiro atoms. The highest BCUT2D eigenvalue weighted by atomic mass is 32.2. The minimum absolute atomic E-state index is 0.124. The number of carbonyl (C=O) groups excluding carboxylic acids is 3. The molecule has 5 nitrogen and oxygen atoms in total. The van der Waals surface area contributed by atoms with Crippen molar-refractivity contribution in [2.75, 3.05) is 12.3 Å². The molecular formula is C24H35NO4SSi. The molecule has 0 saturated heterocycles. The molecule has 0 radical (unpaired) electrons. The van der Waals surface area contributed by atoms with Gasteiger partial charge in [-0.3, -0.25) is 14.4 Å². The zero-order valence-corrected chi connectivity index (χ0v) is 21.5. The predicted molar refractivity (Wildman–Crippen MR) is 133 cm³/mol. The second-order valence-electron chi connectivity index (χ2n) is 8.95. The number of carbonyl (C=O) groups is 3. The first-order chi connectivity index (χ1) is 14.3. The third-order valence-corrected chi connectivity index (χ3v) is 10.4. The number of hydrogen-bond donors (Lipinski definition) is 1. The number of thioether (sulfide) groups is 1. The molecule has 1 rings (SSSR count). The lowest BCUT2D eigenvalue weighted by molar-refractivity contribution is -0.121. The van der Waals surface area contributed by atoms with E-state index < -0.39 is 8.32 Å². The van der Waals surface area contributed by atoms with Crippen LogP contribution in [0, 0.1) is 0 Å². The van der Waals surface area contributed by atoms with Gasteiger partial charge in [-0.15, -0.1) is 0 Å². The number of hydrogen-bond acceptors (Lipinski definition) is 5. The van der Waals surface area contributed by atoms with Crippen molar-refractivity contribution in [3.8, 4) is 5.75 Å². The summed E-state index contributed by atoms with van der Waals surface area (Å²) in [5, 5.41) is 2.55. The van der Waals surface area contributed by atoms with E-state index in [9.17, 15) is 14.4 Å². The number of nitrogens with one attached hydrogen (secondary N) is 1. The zero-order chi connectivity index (χ0) is 23.7. The SMILES string of the molecule is CC(=O)NCCSC(=O)CC(=O)C(C)=CC=Cc1cccc(O[Si](C)(C)C(C)(C)C)c1. The molecule has 0 aliphatic heterocycles. The molecule has 0 aliphatic rings. The number of benzene rings is 1. The fourth-order valence-corrected chi connectivity index (χ4v) is 3.93. The lowest BCUT2D eigenvalue weighted by Gasteiger charge is -2.36. The summed E-state index contributed by atoms with van der Waals surface area (Å²) in [6, 6.07) is 7.91. The van der Waals surface area contributed by atoms with Crippen LogP contribution < -0.4 is 9.74 Å². The van der Waals surface area contributed by atoms with Crippen molar-refractivity contribution in [3.63, 3.8) is 0 Å². The Bertz CT molecular complexity index is 853. The number of allylic oxidation sites excluding steroid dienone is 3. The van der Waals surface area contributed by atoms with Crippen molar-refractivity contribution in [1.29, 1.82) is 0 Å². The van der Waals surface area contributed by atoms with Crippen molar-refractivity contribution in [1.82, 2.24) is 5.32 Å². The van der Waals surface area contributed by atoms with E-state index in [1.807, 2.05) is 36.4 Å². The second-order valence-corrected chi connectivity index (χ2v) is 14.8. The molecule has 0 fully saturated rings. The maximum Gasteiger partial charge on any atom is 0.250 e. The van der Waals surface area contributed by atoms with Gasteiger partial charge in [0.05, 0.1) is 6.42 Å². The smallest absolute Gasteiger partial charge is 0.250 e. The molecule has 0 aromatic heterocycles. The van der Waals surface area contributed by atoms with Crippen LogP contribution in [0.3, 0.4) is 0 Å². The average Bonchev–Trinajstić information content (AvgIpc) is 2.64. The Morgan fingerprint density at radius 3 is 2.45 bits per heavy atom. The highest BCUT2D eigenvalue weighted by Crippen LogP contribution is 2.37. The van der Waals surface area contributed by atoms with Gasteiger partial charge in [0.1, 0.15) is 5.75 Å². The molecular weight excluding hydrogens is 426 g/mol. The molecule has 7 heteroatoms. The van der Waals surface area contributed by atoms with Gasteiger partial charge in [-0.1, -0.05) is 62.9 Å². The summed E-state index contributed by atoms with van der Waals surface area (Å²) in [5.41, 5.74) is 1.51. The largest absolute Gasteiger partial charge is 0.543 e. The molecule has 1 aromatic rings. The molecule has 1 aromatic carbocycles. The molecule has 0 atom stereocenters. The quantitative estimate of drug-likeness (QED) is 0.166. The van der Waals surface area contributed by atoms with Gasteiger partial charge >= 0.3 is 0 Å². The van der Waals surface area contributed by atoms with Crippen molar-refractivity contribution < 1.29 is 18.8 Å². The Kier molecular flexibility index (Phi) is 10.5. The summed E-state index contributed by atoms with van der Waals surface area (Å²) in [5.74, 6) is 0.984. The third-order valence-electron chi connectivity index (χ3n) is 5.16. The van der Waals surface area contributed by atoms with Crippen LogP contribution >= 0.6 is 11.8 Å². The van der Waals surface area contributed by atoms with Gasteiger partial charge in [-0.05, 0) is 48.3 Å². The Morgan fingerprint density at radius 2 is 1.84 bits per heavy atom. The minimum atomic E-state index is -1.90. The first-order valence-electron chi connectivity index (χ1n) is 10.4. The van der Waals surface area contributed by atoms with Gasteiger partial charge < -0.3 is 9.74 Å². The number of rotatable bonds is 10. The van der Waals surface area contributed by atoms with E-state index in [-0.39, 0.29) is 28.3 Å². The monoisotopic (exact) mass is 461 g/mol. The standard InChI is InChI=1S/C24H35NO4SSi/c1-18(22(27)17-23(28)30-15-14-25-19(2)26)10-8-11-20-12-9-13-21(16-20)29-31(6,7)24(3,4)5/h8-13,16H,14-15,17H2,1-7H3,(H,25,26). The van der Waals surface area contributed by atoms with Crippen molar-refractivity contribution >= 4 is 43.0 Å². The van der Waals surface area contributed by atoms with Crippen LogP contribution in [0.5, 0.6) is 5.75 Å². The lowest BCUT2D eigenvalue weighted by atomic mass is 10.1. The Balaban J connectivity index is 2.64. The Hall–Kier alpha value is -2.12. The highest BCUT2D eigenvalue weighted by molar-refractivity contribution is 8.13. The van der Waals surface area contributed by atoms with Crippen LogP contribution in [0.15, 0.2) is 42.0 Å². The number of ketones is 1. The van der Waals surface area contributed by atoms with Gasteiger partial charge in [0.15, 0.2) is 10.9 Å². The van der Waals surface area contributed by atoms with Crippen LogP contribution in [0.4, 0.5) is 0 Å². The van der Waals surface area contributed by atoms with Crippen LogP contribution in [-0.2, 0) is 14.4 Å². The van der Waals surface area contributed by atoms with E-state index in [2.05, 4.69) is 39.2 Å². The summed E-state index contributed by atoms with van der Waals surface area (Å²) in [6.45, 7) is 14.6.